The van der Waals surface area contributed by atoms with Gasteiger partial charge in [0, 0.05) is 6.20 Å². The van der Waals surface area contributed by atoms with Gasteiger partial charge in [-0.3, -0.25) is 0 Å². The fraction of sp³-hybridized carbons (Fsp3) is 0.778. The van der Waals surface area contributed by atoms with Crippen molar-refractivity contribution in [3.63, 3.8) is 0 Å². The molecular formula is C9H13N3. The number of hydrogen-bond acceptors (Lipinski definition) is 2. The second-order valence-electron chi connectivity index (χ2n) is 4.09. The quantitative estimate of drug-likeness (QED) is 0.629. The van der Waals surface area contributed by atoms with Gasteiger partial charge in [-0.15, -0.1) is 5.10 Å². The summed E-state index contributed by atoms with van der Waals surface area (Å²) in [7, 11) is 0. The lowest BCUT2D eigenvalue weighted by Gasteiger charge is -2.00. The van der Waals surface area contributed by atoms with Crippen molar-refractivity contribution in [2.45, 2.75) is 32.2 Å². The SMILES string of the molecule is Cc1cn(C2C3CCCC32)nn1. The van der Waals surface area contributed by atoms with Crippen LogP contribution in [0.4, 0.5) is 0 Å². The Morgan fingerprint density at radius 2 is 2.17 bits per heavy atom. The topological polar surface area (TPSA) is 30.7 Å². The van der Waals surface area contributed by atoms with Crippen LogP contribution in [-0.4, -0.2) is 15.0 Å². The van der Waals surface area contributed by atoms with Gasteiger partial charge in [0.25, 0.3) is 0 Å². The maximum atomic E-state index is 4.13. The van der Waals surface area contributed by atoms with Crippen molar-refractivity contribution in [2.24, 2.45) is 11.8 Å². The fourth-order valence-electron chi connectivity index (χ4n) is 2.69. The van der Waals surface area contributed by atoms with Crippen LogP contribution in [0.5, 0.6) is 0 Å². The van der Waals surface area contributed by atoms with E-state index in [4.69, 9.17) is 0 Å². The molecule has 2 saturated carbocycles. The molecule has 0 radical (unpaired) electrons. The first-order chi connectivity index (χ1) is 5.86. The Morgan fingerprint density at radius 3 is 2.75 bits per heavy atom. The van der Waals surface area contributed by atoms with Crippen LogP contribution in [0, 0.1) is 18.8 Å². The highest BCUT2D eigenvalue weighted by Gasteiger charge is 2.54. The monoisotopic (exact) mass is 163 g/mol. The molecule has 3 heteroatoms. The average molecular weight is 163 g/mol. The molecule has 3 nitrogen and oxygen atoms in total. The number of fused-ring (bicyclic) bond motifs is 1. The average Bonchev–Trinajstić information content (AvgIpc) is 2.55. The predicted octanol–water partition coefficient (Wildman–Crippen LogP) is 1.56. The number of aryl methyl sites for hydroxylation is 1. The van der Waals surface area contributed by atoms with Crippen LogP contribution in [0.15, 0.2) is 6.20 Å². The van der Waals surface area contributed by atoms with Gasteiger partial charge in [-0.2, -0.15) is 0 Å². The maximum absolute atomic E-state index is 4.13. The fourth-order valence-corrected chi connectivity index (χ4v) is 2.69. The number of aromatic nitrogens is 3. The van der Waals surface area contributed by atoms with Crippen LogP contribution in [0.2, 0.25) is 0 Å². The van der Waals surface area contributed by atoms with Gasteiger partial charge in [0.1, 0.15) is 0 Å². The minimum atomic E-state index is 0.708. The normalized spacial score (nSPS) is 38.2. The largest absolute Gasteiger partial charge is 0.249 e. The molecule has 3 rings (SSSR count). The molecule has 0 aromatic carbocycles. The van der Waals surface area contributed by atoms with Gasteiger partial charge in [0.05, 0.1) is 11.7 Å². The summed E-state index contributed by atoms with van der Waals surface area (Å²) in [4.78, 5) is 0. The molecule has 1 aromatic heterocycles. The van der Waals surface area contributed by atoms with E-state index < -0.39 is 0 Å². The molecule has 2 fully saturated rings. The lowest BCUT2D eigenvalue weighted by molar-refractivity contribution is 0.503. The molecular weight excluding hydrogens is 150 g/mol. The third-order valence-corrected chi connectivity index (χ3v) is 3.29. The summed E-state index contributed by atoms with van der Waals surface area (Å²) in [5.41, 5.74) is 1.04. The van der Waals surface area contributed by atoms with Crippen molar-refractivity contribution >= 4 is 0 Å². The summed E-state index contributed by atoms with van der Waals surface area (Å²) < 4.78 is 2.07. The Kier molecular flexibility index (Phi) is 1.15. The third-order valence-electron chi connectivity index (χ3n) is 3.29. The highest BCUT2D eigenvalue weighted by Crippen LogP contribution is 2.60. The molecule has 0 saturated heterocycles. The zero-order chi connectivity index (χ0) is 8.13. The van der Waals surface area contributed by atoms with Gasteiger partial charge in [0.15, 0.2) is 0 Å². The van der Waals surface area contributed by atoms with Gasteiger partial charge in [-0.1, -0.05) is 11.6 Å². The Morgan fingerprint density at radius 1 is 1.42 bits per heavy atom. The lowest BCUT2D eigenvalue weighted by atomic mass is 10.2. The summed E-state index contributed by atoms with van der Waals surface area (Å²) in [5, 5.41) is 8.15. The van der Waals surface area contributed by atoms with Gasteiger partial charge in [-0.25, -0.2) is 4.68 Å². The van der Waals surface area contributed by atoms with Crippen LogP contribution < -0.4 is 0 Å². The van der Waals surface area contributed by atoms with E-state index in [-0.39, 0.29) is 0 Å². The van der Waals surface area contributed by atoms with E-state index >= 15 is 0 Å². The first kappa shape index (κ1) is 6.63. The highest BCUT2D eigenvalue weighted by atomic mass is 15.4. The number of hydrogen-bond donors (Lipinski definition) is 0. The van der Waals surface area contributed by atoms with Crippen LogP contribution in [-0.2, 0) is 0 Å². The Labute approximate surface area is 71.8 Å². The summed E-state index contributed by atoms with van der Waals surface area (Å²) in [6.07, 6.45) is 6.32. The van der Waals surface area contributed by atoms with E-state index in [9.17, 15) is 0 Å². The van der Waals surface area contributed by atoms with E-state index in [0.29, 0.717) is 6.04 Å². The molecule has 12 heavy (non-hydrogen) atoms. The number of rotatable bonds is 1. The highest BCUT2D eigenvalue weighted by molar-refractivity contribution is 5.06. The zero-order valence-electron chi connectivity index (χ0n) is 7.27. The van der Waals surface area contributed by atoms with E-state index in [0.717, 1.165) is 17.5 Å². The van der Waals surface area contributed by atoms with Crippen LogP contribution >= 0.6 is 0 Å². The Balaban J connectivity index is 1.84. The third kappa shape index (κ3) is 0.765. The van der Waals surface area contributed by atoms with E-state index in [1.165, 1.54) is 19.3 Å². The van der Waals surface area contributed by atoms with Crippen molar-refractivity contribution in [2.75, 3.05) is 0 Å². The van der Waals surface area contributed by atoms with Gasteiger partial charge in [-0.05, 0) is 31.6 Å². The molecule has 1 aromatic rings. The molecule has 2 unspecified atom stereocenters. The summed E-state index contributed by atoms with van der Waals surface area (Å²) >= 11 is 0. The molecule has 2 aliphatic carbocycles. The summed E-state index contributed by atoms with van der Waals surface area (Å²) in [6.45, 7) is 2.00. The molecule has 1 heterocycles. The zero-order valence-corrected chi connectivity index (χ0v) is 7.27. The molecule has 0 spiro atoms. The molecule has 64 valence electrons. The van der Waals surface area contributed by atoms with Crippen molar-refractivity contribution in [1.29, 1.82) is 0 Å². The molecule has 0 bridgehead atoms. The van der Waals surface area contributed by atoms with Crippen molar-refractivity contribution < 1.29 is 0 Å². The predicted molar refractivity (Wildman–Crippen MR) is 44.6 cm³/mol. The summed E-state index contributed by atoms with van der Waals surface area (Å²) in [5.74, 6) is 1.87. The van der Waals surface area contributed by atoms with Crippen molar-refractivity contribution in [3.8, 4) is 0 Å². The first-order valence-corrected chi connectivity index (χ1v) is 4.75. The van der Waals surface area contributed by atoms with E-state index in [2.05, 4.69) is 21.2 Å². The van der Waals surface area contributed by atoms with Gasteiger partial charge in [0.2, 0.25) is 0 Å². The Hall–Kier alpha value is -0.860. The Bertz CT molecular complexity index is 294. The van der Waals surface area contributed by atoms with Gasteiger partial charge >= 0.3 is 0 Å². The second kappa shape index (κ2) is 2.09. The van der Waals surface area contributed by atoms with Crippen LogP contribution in [0.25, 0.3) is 0 Å². The maximum Gasteiger partial charge on any atom is 0.0796 e. The minimum Gasteiger partial charge on any atom is -0.249 e. The molecule has 0 N–H and O–H groups in total. The van der Waals surface area contributed by atoms with Crippen LogP contribution in [0.1, 0.15) is 31.0 Å². The van der Waals surface area contributed by atoms with Crippen molar-refractivity contribution in [1.82, 2.24) is 15.0 Å². The molecule has 0 aliphatic heterocycles. The van der Waals surface area contributed by atoms with E-state index in [1.807, 2.05) is 6.92 Å². The summed E-state index contributed by atoms with van der Waals surface area (Å²) in [6, 6.07) is 0.708. The molecule has 2 atom stereocenters. The smallest absolute Gasteiger partial charge is 0.0796 e. The van der Waals surface area contributed by atoms with E-state index in [1.54, 1.807) is 0 Å². The van der Waals surface area contributed by atoms with Crippen LogP contribution in [0.3, 0.4) is 0 Å². The minimum absolute atomic E-state index is 0.708. The lowest BCUT2D eigenvalue weighted by Crippen LogP contribution is -2.00. The molecule has 0 amide bonds. The van der Waals surface area contributed by atoms with Gasteiger partial charge < -0.3 is 0 Å². The van der Waals surface area contributed by atoms with Crippen molar-refractivity contribution in [3.05, 3.63) is 11.9 Å². The first-order valence-electron chi connectivity index (χ1n) is 4.75. The standard InChI is InChI=1S/C9H13N3/c1-6-5-12(11-10-6)9-7-3-2-4-8(7)9/h5,7-9H,2-4H2,1H3. The molecule has 2 aliphatic rings. The number of nitrogens with zero attached hydrogens (tertiary/aromatic N) is 3. The second-order valence-corrected chi connectivity index (χ2v) is 4.09.